The second-order valence-corrected chi connectivity index (χ2v) is 12.3. The molecule has 44 heavy (non-hydrogen) atoms. The van der Waals surface area contributed by atoms with E-state index in [1.165, 1.54) is 21.3 Å². The summed E-state index contributed by atoms with van der Waals surface area (Å²) >= 11 is 13.0. The largest absolute Gasteiger partial charge is 0.493 e. The summed E-state index contributed by atoms with van der Waals surface area (Å²) in [6.45, 7) is 4.41. The van der Waals surface area contributed by atoms with Gasteiger partial charge in [-0.25, -0.2) is 0 Å². The Balaban J connectivity index is 1.61. The number of pyridine rings is 1. The van der Waals surface area contributed by atoms with Gasteiger partial charge in [-0.2, -0.15) is 0 Å². The normalized spacial score (nSPS) is 23.8. The number of carbonyl (C=O) groups is 2. The van der Waals surface area contributed by atoms with Crippen LogP contribution in [0.3, 0.4) is 0 Å². The van der Waals surface area contributed by atoms with Gasteiger partial charge in [-0.15, -0.1) is 0 Å². The monoisotopic (exact) mass is 640 g/mol. The molecule has 2 aliphatic rings. The van der Waals surface area contributed by atoms with Crippen LogP contribution >= 0.6 is 23.2 Å². The van der Waals surface area contributed by atoms with Crippen LogP contribution in [0, 0.1) is 0 Å². The molecule has 0 saturated carbocycles. The molecule has 2 N–H and O–H groups in total. The third-order valence-electron chi connectivity index (χ3n) is 9.53. The molecule has 1 aromatic heterocycles. The minimum absolute atomic E-state index is 0.149. The number of nitrogens with two attached hydrogens (primary N) is 1. The van der Waals surface area contributed by atoms with Gasteiger partial charge in [-0.3, -0.25) is 19.5 Å². The molecule has 5 rings (SSSR count). The van der Waals surface area contributed by atoms with E-state index in [2.05, 4.69) is 16.8 Å². The van der Waals surface area contributed by atoms with E-state index in [-0.39, 0.29) is 17.9 Å². The number of ether oxygens (including phenoxy) is 3. The van der Waals surface area contributed by atoms with Crippen molar-refractivity contribution in [3.05, 3.63) is 81.6 Å². The van der Waals surface area contributed by atoms with Crippen molar-refractivity contribution in [3.8, 4) is 17.2 Å². The van der Waals surface area contributed by atoms with E-state index in [1.54, 1.807) is 30.6 Å². The highest BCUT2D eigenvalue weighted by Crippen LogP contribution is 2.49. The fourth-order valence-corrected chi connectivity index (χ4v) is 7.45. The molecular weight excluding hydrogens is 603 g/mol. The van der Waals surface area contributed by atoms with Crippen molar-refractivity contribution < 1.29 is 23.8 Å². The number of benzene rings is 2. The Morgan fingerprint density at radius 1 is 0.977 bits per heavy atom. The van der Waals surface area contributed by atoms with E-state index in [0.29, 0.717) is 71.8 Å². The Morgan fingerprint density at radius 2 is 1.70 bits per heavy atom. The SMILES string of the molecule is CCN1CCC(C(N)=O)(c2cccnc2)CC1C1(c2ccc(Cl)c(Cl)c2)CCN(C(=O)c2cc(OC)c(OC)c(OC)c2)C1. The van der Waals surface area contributed by atoms with E-state index in [4.69, 9.17) is 43.1 Å². The highest BCUT2D eigenvalue weighted by molar-refractivity contribution is 6.42. The van der Waals surface area contributed by atoms with E-state index < -0.39 is 10.8 Å². The Hall–Kier alpha value is -3.53. The summed E-state index contributed by atoms with van der Waals surface area (Å²) in [5.74, 6) is 0.670. The summed E-state index contributed by atoms with van der Waals surface area (Å²) in [6, 6.07) is 12.6. The highest BCUT2D eigenvalue weighted by Gasteiger charge is 2.55. The topological polar surface area (TPSA) is 107 Å². The van der Waals surface area contributed by atoms with Gasteiger partial charge in [0.25, 0.3) is 5.91 Å². The van der Waals surface area contributed by atoms with Crippen molar-refractivity contribution in [2.75, 3.05) is 47.5 Å². The minimum Gasteiger partial charge on any atom is -0.493 e. The fourth-order valence-electron chi connectivity index (χ4n) is 7.15. The fraction of sp³-hybridized carbons (Fsp3) is 0.424. The molecule has 2 fully saturated rings. The minimum atomic E-state index is -0.915. The number of hydrogen-bond donors (Lipinski definition) is 1. The van der Waals surface area contributed by atoms with Crippen LogP contribution < -0.4 is 19.9 Å². The van der Waals surface area contributed by atoms with Crippen LogP contribution in [-0.2, 0) is 15.6 Å². The molecular formula is C33H38Cl2N4O5. The number of methoxy groups -OCH3 is 3. The van der Waals surface area contributed by atoms with Crippen molar-refractivity contribution >= 4 is 35.0 Å². The maximum Gasteiger partial charge on any atom is 0.254 e. The molecule has 3 unspecified atom stereocenters. The lowest BCUT2D eigenvalue weighted by atomic mass is 9.62. The van der Waals surface area contributed by atoms with Gasteiger partial charge in [-0.05, 0) is 73.8 Å². The number of likely N-dealkylation sites (tertiary alicyclic amines) is 2. The molecule has 234 valence electrons. The zero-order valence-corrected chi connectivity index (χ0v) is 27.0. The molecule has 2 aromatic carbocycles. The lowest BCUT2D eigenvalue weighted by Gasteiger charge is -2.52. The van der Waals surface area contributed by atoms with Gasteiger partial charge in [-0.1, -0.05) is 42.3 Å². The van der Waals surface area contributed by atoms with Crippen LogP contribution in [0.5, 0.6) is 17.2 Å². The van der Waals surface area contributed by atoms with Crippen molar-refractivity contribution in [3.63, 3.8) is 0 Å². The predicted molar refractivity (Wildman–Crippen MR) is 170 cm³/mol. The Bertz CT molecular complexity index is 1510. The number of amides is 2. The first kappa shape index (κ1) is 31.9. The van der Waals surface area contributed by atoms with E-state index in [1.807, 2.05) is 29.2 Å². The molecule has 0 bridgehead atoms. The Labute approximate surface area is 268 Å². The summed E-state index contributed by atoms with van der Waals surface area (Å²) in [7, 11) is 4.56. The van der Waals surface area contributed by atoms with Gasteiger partial charge in [0.2, 0.25) is 11.7 Å². The number of likely N-dealkylation sites (N-methyl/N-ethyl adjacent to an activating group) is 1. The number of primary amides is 1. The van der Waals surface area contributed by atoms with Gasteiger partial charge in [0.15, 0.2) is 11.5 Å². The molecule has 9 nitrogen and oxygen atoms in total. The average Bonchev–Trinajstić information content (AvgIpc) is 3.51. The molecule has 2 saturated heterocycles. The maximum atomic E-state index is 14.1. The quantitative estimate of drug-likeness (QED) is 0.346. The van der Waals surface area contributed by atoms with Crippen LogP contribution in [0.1, 0.15) is 47.7 Å². The van der Waals surface area contributed by atoms with Crippen molar-refractivity contribution in [1.29, 1.82) is 0 Å². The standard InChI is InChI=1S/C33H38Cl2N4O5/c1-5-38-13-10-32(31(36)41,23-7-6-12-37-19-23)18-28(38)33(22-8-9-24(34)25(35)17-22)11-14-39(20-33)30(40)21-15-26(42-2)29(44-4)27(16-21)43-3/h6-9,12,15-17,19,28H,5,10-11,13-14,18,20H2,1-4H3,(H2,36,41). The molecule has 0 aliphatic carbocycles. The summed E-state index contributed by atoms with van der Waals surface area (Å²) in [4.78, 5) is 36.1. The van der Waals surface area contributed by atoms with Gasteiger partial charge in [0.1, 0.15) is 0 Å². The predicted octanol–water partition coefficient (Wildman–Crippen LogP) is 5.11. The number of nitrogens with zero attached hydrogens (tertiary/aromatic N) is 3. The first-order chi connectivity index (χ1) is 21.1. The number of halogens is 2. The molecule has 2 amide bonds. The number of piperidine rings is 1. The summed E-state index contributed by atoms with van der Waals surface area (Å²) < 4.78 is 16.5. The molecule has 2 aliphatic heterocycles. The highest BCUT2D eigenvalue weighted by atomic mass is 35.5. The van der Waals surface area contributed by atoms with Crippen LogP contribution in [0.2, 0.25) is 10.0 Å². The lowest BCUT2D eigenvalue weighted by molar-refractivity contribution is -0.127. The van der Waals surface area contributed by atoms with Gasteiger partial charge >= 0.3 is 0 Å². The third kappa shape index (κ3) is 5.46. The van der Waals surface area contributed by atoms with Crippen LogP contribution in [0.25, 0.3) is 0 Å². The molecule has 3 atom stereocenters. The summed E-state index contributed by atoms with van der Waals surface area (Å²) in [5, 5.41) is 0.886. The zero-order chi connectivity index (χ0) is 31.6. The third-order valence-corrected chi connectivity index (χ3v) is 10.3. The second kappa shape index (κ2) is 12.8. The van der Waals surface area contributed by atoms with Crippen LogP contribution in [-0.4, -0.2) is 80.1 Å². The van der Waals surface area contributed by atoms with Crippen molar-refractivity contribution in [2.45, 2.75) is 43.1 Å². The summed E-state index contributed by atoms with van der Waals surface area (Å²) in [6.07, 6.45) is 5.12. The lowest BCUT2D eigenvalue weighted by Crippen LogP contribution is -2.61. The summed E-state index contributed by atoms with van der Waals surface area (Å²) in [5.41, 5.74) is 6.91. The van der Waals surface area contributed by atoms with Crippen LogP contribution in [0.15, 0.2) is 54.9 Å². The van der Waals surface area contributed by atoms with Crippen molar-refractivity contribution in [2.24, 2.45) is 5.73 Å². The Kier molecular flexibility index (Phi) is 9.30. The Morgan fingerprint density at radius 3 is 2.27 bits per heavy atom. The molecule has 0 spiro atoms. The average molecular weight is 642 g/mol. The first-order valence-electron chi connectivity index (χ1n) is 14.6. The van der Waals surface area contributed by atoms with E-state index in [0.717, 1.165) is 17.7 Å². The smallest absolute Gasteiger partial charge is 0.254 e. The number of rotatable bonds is 9. The van der Waals surface area contributed by atoms with Crippen LogP contribution in [0.4, 0.5) is 0 Å². The van der Waals surface area contributed by atoms with Gasteiger partial charge in [0.05, 0.1) is 36.8 Å². The molecule has 0 radical (unpaired) electrons. The van der Waals surface area contributed by atoms with Gasteiger partial charge < -0.3 is 24.8 Å². The van der Waals surface area contributed by atoms with E-state index in [9.17, 15) is 9.59 Å². The maximum absolute atomic E-state index is 14.1. The second-order valence-electron chi connectivity index (χ2n) is 11.5. The number of aromatic nitrogens is 1. The van der Waals surface area contributed by atoms with Gasteiger partial charge in [0, 0.05) is 42.5 Å². The molecule has 11 heteroatoms. The molecule has 3 heterocycles. The number of carbonyl (C=O) groups excluding carboxylic acids is 2. The molecule has 3 aromatic rings. The van der Waals surface area contributed by atoms with E-state index >= 15 is 0 Å². The number of hydrogen-bond acceptors (Lipinski definition) is 7. The van der Waals surface area contributed by atoms with Crippen molar-refractivity contribution in [1.82, 2.24) is 14.8 Å². The first-order valence-corrected chi connectivity index (χ1v) is 15.4. The zero-order valence-electron chi connectivity index (χ0n) is 25.4.